The van der Waals surface area contributed by atoms with Gasteiger partial charge in [0.2, 0.25) is 0 Å². The third-order valence-corrected chi connectivity index (χ3v) is 21.8. The average molecular weight is 577 g/mol. The summed E-state index contributed by atoms with van der Waals surface area (Å²) < 4.78 is 77.3. The van der Waals surface area contributed by atoms with Gasteiger partial charge in [-0.1, -0.05) is 0 Å². The van der Waals surface area contributed by atoms with Crippen molar-refractivity contribution in [2.24, 2.45) is 0 Å². The van der Waals surface area contributed by atoms with Gasteiger partial charge in [-0.25, -0.2) is 0 Å². The number of halogens is 5. The monoisotopic (exact) mass is 578 g/mol. The Morgan fingerprint density at radius 1 is 0.697 bits per heavy atom. The number of esters is 1. The second kappa shape index (κ2) is 12.7. The molecule has 0 aliphatic rings. The van der Waals surface area contributed by atoms with E-state index in [0.717, 1.165) is 38.5 Å². The molecule has 0 amide bonds. The molecule has 0 aliphatic heterocycles. The molecule has 2 nitrogen and oxygen atoms in total. The van der Waals surface area contributed by atoms with Gasteiger partial charge in [0.25, 0.3) is 0 Å². The molecule has 2 rings (SSSR count). The first-order chi connectivity index (χ1) is 15.7. The molecule has 0 radical (unpaired) electrons. The van der Waals surface area contributed by atoms with Gasteiger partial charge in [-0.15, -0.1) is 0 Å². The zero-order valence-electron chi connectivity index (χ0n) is 19.4. The van der Waals surface area contributed by atoms with Gasteiger partial charge in [0.05, 0.1) is 0 Å². The van der Waals surface area contributed by atoms with Crippen molar-refractivity contribution in [3.8, 4) is 5.75 Å². The second-order valence-corrected chi connectivity index (χ2v) is 21.7. The average Bonchev–Trinajstić information content (AvgIpc) is 2.84. The Balaban J connectivity index is 2.34. The Kier molecular flexibility index (Phi) is 10.6. The van der Waals surface area contributed by atoms with Crippen LogP contribution in [0.2, 0.25) is 13.3 Å². The first-order valence-corrected chi connectivity index (χ1v) is 19.0. The van der Waals surface area contributed by atoms with Gasteiger partial charge < -0.3 is 0 Å². The van der Waals surface area contributed by atoms with E-state index in [0.29, 0.717) is 0 Å². The van der Waals surface area contributed by atoms with E-state index in [1.807, 2.05) is 12.1 Å². The summed E-state index contributed by atoms with van der Waals surface area (Å²) >= 11 is -2.73. The van der Waals surface area contributed by atoms with E-state index in [-0.39, 0.29) is 5.56 Å². The molecule has 0 fully saturated rings. The van der Waals surface area contributed by atoms with Gasteiger partial charge in [0, 0.05) is 0 Å². The van der Waals surface area contributed by atoms with Gasteiger partial charge in [0.15, 0.2) is 0 Å². The fraction of sp³-hybridized carbons (Fsp3) is 0.480. The zero-order valence-corrected chi connectivity index (χ0v) is 22.2. The van der Waals surface area contributed by atoms with Crippen LogP contribution >= 0.6 is 0 Å². The molecule has 182 valence electrons. The van der Waals surface area contributed by atoms with Gasteiger partial charge in [-0.3, -0.25) is 0 Å². The van der Waals surface area contributed by atoms with Crippen molar-refractivity contribution in [1.29, 1.82) is 0 Å². The Bertz CT molecular complexity index is 896. The maximum atomic E-state index is 13.9. The molecular weight excluding hydrogens is 546 g/mol. The molecule has 0 aromatic heterocycles. The molecule has 0 N–H and O–H groups in total. The van der Waals surface area contributed by atoms with Gasteiger partial charge in [-0.2, -0.15) is 0 Å². The van der Waals surface area contributed by atoms with Crippen LogP contribution in [0.3, 0.4) is 0 Å². The van der Waals surface area contributed by atoms with Crippen LogP contribution in [0.15, 0.2) is 24.3 Å². The third kappa shape index (κ3) is 6.48. The summed E-state index contributed by atoms with van der Waals surface area (Å²) in [5.41, 5.74) is -0.00986. The predicted molar refractivity (Wildman–Crippen MR) is 122 cm³/mol. The van der Waals surface area contributed by atoms with Crippen molar-refractivity contribution in [3.05, 3.63) is 58.9 Å². The summed E-state index contributed by atoms with van der Waals surface area (Å²) in [6.07, 6.45) is 6.82. The Morgan fingerprint density at radius 3 is 1.48 bits per heavy atom. The van der Waals surface area contributed by atoms with E-state index >= 15 is 0 Å². The summed E-state index contributed by atoms with van der Waals surface area (Å²) in [7, 11) is 0. The number of rotatable bonds is 12. The van der Waals surface area contributed by atoms with Gasteiger partial charge in [0.1, 0.15) is 0 Å². The van der Waals surface area contributed by atoms with E-state index in [1.54, 1.807) is 0 Å². The second-order valence-electron chi connectivity index (χ2n) is 8.46. The molecular formula is C25H31F5O2Sn. The number of carbonyl (C=O) groups is 1. The zero-order chi connectivity index (χ0) is 24.6. The molecule has 0 heterocycles. The van der Waals surface area contributed by atoms with Crippen LogP contribution in [0.25, 0.3) is 0 Å². The molecule has 2 aromatic carbocycles. The molecule has 33 heavy (non-hydrogen) atoms. The molecule has 0 unspecified atom stereocenters. The fourth-order valence-corrected chi connectivity index (χ4v) is 20.1. The summed E-state index contributed by atoms with van der Waals surface area (Å²) in [5.74, 6) is -13.7. The van der Waals surface area contributed by atoms with Crippen molar-refractivity contribution < 1.29 is 31.5 Å². The normalized spacial score (nSPS) is 11.6. The Morgan fingerprint density at radius 2 is 1.09 bits per heavy atom. The van der Waals surface area contributed by atoms with Crippen LogP contribution in [0, 0.1) is 29.1 Å². The number of ether oxygens (including phenoxy) is 1. The molecule has 0 spiro atoms. The first kappa shape index (κ1) is 27.6. The summed E-state index contributed by atoms with van der Waals surface area (Å²) in [4.78, 5) is 12.4. The number of hydrogen-bond acceptors (Lipinski definition) is 2. The van der Waals surface area contributed by atoms with Crippen LogP contribution in [-0.4, -0.2) is 24.3 Å². The third-order valence-electron chi connectivity index (χ3n) is 6.12. The van der Waals surface area contributed by atoms with Crippen molar-refractivity contribution in [3.63, 3.8) is 0 Å². The first-order valence-electron chi connectivity index (χ1n) is 11.6. The minimum absolute atomic E-state index is 0.00986. The van der Waals surface area contributed by atoms with E-state index in [4.69, 9.17) is 0 Å². The SMILES string of the molecule is CCC[CH2][Sn]([CH2]CCC)([CH2]CCC)[c]1ccc(C(=O)Oc2c(F)c(F)c(F)c(F)c2F)cc1. The molecule has 0 aliphatic carbocycles. The summed E-state index contributed by atoms with van der Waals surface area (Å²) in [6, 6.07) is 6.84. The van der Waals surface area contributed by atoms with Crippen LogP contribution in [-0.2, 0) is 0 Å². The standard InChI is InChI=1S/C13H4F5O2.3C4H9.Sn/c14-7-8(15)10(17)12(11(18)9(7)16)20-13(19)6-4-2-1-3-5-6;3*1-3-4-2;/h2-5H;3*1,3-4H2,2H3;. The number of carbonyl (C=O) groups excluding carboxylic acids is 1. The Hall–Kier alpha value is -1.64. The van der Waals surface area contributed by atoms with Crippen molar-refractivity contribution in [1.82, 2.24) is 0 Å². The summed E-state index contributed by atoms with van der Waals surface area (Å²) in [6.45, 7) is 6.53. The van der Waals surface area contributed by atoms with E-state index in [2.05, 4.69) is 25.5 Å². The summed E-state index contributed by atoms with van der Waals surface area (Å²) in [5, 5.41) is 0. The Labute approximate surface area is 196 Å². The van der Waals surface area contributed by atoms with Gasteiger partial charge >= 0.3 is 197 Å². The van der Waals surface area contributed by atoms with Crippen LogP contribution < -0.4 is 8.32 Å². The van der Waals surface area contributed by atoms with Crippen LogP contribution in [0.1, 0.15) is 69.7 Å². The van der Waals surface area contributed by atoms with E-state index < -0.39 is 59.2 Å². The minimum atomic E-state index is -2.73. The topological polar surface area (TPSA) is 26.3 Å². The van der Waals surface area contributed by atoms with Crippen LogP contribution in [0.5, 0.6) is 5.75 Å². The molecule has 0 atom stereocenters. The molecule has 0 saturated carbocycles. The van der Waals surface area contributed by atoms with Crippen molar-refractivity contribution in [2.45, 2.75) is 72.6 Å². The maximum absolute atomic E-state index is 13.9. The van der Waals surface area contributed by atoms with E-state index in [1.165, 1.54) is 29.0 Å². The number of benzene rings is 2. The predicted octanol–water partition coefficient (Wildman–Crippen LogP) is 7.66. The number of unbranched alkanes of at least 4 members (excludes halogenated alkanes) is 3. The molecule has 0 bridgehead atoms. The van der Waals surface area contributed by atoms with E-state index in [9.17, 15) is 26.7 Å². The number of hydrogen-bond donors (Lipinski definition) is 0. The molecule has 8 heteroatoms. The fourth-order valence-electron chi connectivity index (χ4n) is 4.14. The van der Waals surface area contributed by atoms with Gasteiger partial charge in [-0.05, 0) is 0 Å². The molecule has 2 aromatic rings. The quantitative estimate of drug-likeness (QED) is 0.0647. The molecule has 0 saturated heterocycles. The van der Waals surface area contributed by atoms with Crippen molar-refractivity contribution in [2.75, 3.05) is 0 Å². The van der Waals surface area contributed by atoms with Crippen LogP contribution in [0.4, 0.5) is 22.0 Å². The van der Waals surface area contributed by atoms with Crippen molar-refractivity contribution >= 4 is 27.9 Å².